The van der Waals surface area contributed by atoms with Gasteiger partial charge in [0.05, 0.1) is 43.1 Å². The van der Waals surface area contributed by atoms with Crippen LogP contribution in [0.3, 0.4) is 0 Å². The average Bonchev–Trinajstić information content (AvgIpc) is 3.33. The van der Waals surface area contributed by atoms with Crippen molar-refractivity contribution in [2.45, 2.75) is 45.5 Å². The number of nitrogens with zero attached hydrogens (tertiary/aromatic N) is 2. The lowest BCUT2D eigenvalue weighted by Crippen LogP contribution is -2.25. The summed E-state index contributed by atoms with van der Waals surface area (Å²) in [6.07, 6.45) is 4.59. The zero-order valence-corrected chi connectivity index (χ0v) is 23.9. The molecule has 0 aliphatic heterocycles. The van der Waals surface area contributed by atoms with Gasteiger partial charge in [0.15, 0.2) is 0 Å². The van der Waals surface area contributed by atoms with E-state index in [9.17, 15) is 13.2 Å². The average molecular weight is 565 g/mol. The summed E-state index contributed by atoms with van der Waals surface area (Å²) in [6, 6.07) is 14.7. The van der Waals surface area contributed by atoms with Crippen molar-refractivity contribution in [3.05, 3.63) is 77.8 Å². The van der Waals surface area contributed by atoms with Gasteiger partial charge >= 0.3 is 5.97 Å². The van der Waals surface area contributed by atoms with E-state index in [0.29, 0.717) is 34.9 Å². The highest BCUT2D eigenvalue weighted by Gasteiger charge is 2.27. The molecule has 4 aromatic rings. The maximum Gasteiger partial charge on any atom is 0.310 e. The van der Waals surface area contributed by atoms with Gasteiger partial charge in [0, 0.05) is 28.8 Å². The maximum absolute atomic E-state index is 12.4. The molecule has 0 saturated carbocycles. The quantitative estimate of drug-likeness (QED) is 0.177. The van der Waals surface area contributed by atoms with E-state index in [-0.39, 0.29) is 19.0 Å². The smallest absolute Gasteiger partial charge is 0.310 e. The lowest BCUT2D eigenvalue weighted by Gasteiger charge is -2.14. The summed E-state index contributed by atoms with van der Waals surface area (Å²) in [7, 11) is -2.11. The second-order valence-electron chi connectivity index (χ2n) is 10.0. The Labute approximate surface area is 233 Å². The third-order valence-electron chi connectivity index (χ3n) is 6.16. The van der Waals surface area contributed by atoms with Crippen molar-refractivity contribution < 1.29 is 31.8 Å². The molecule has 0 atom stereocenters. The van der Waals surface area contributed by atoms with Gasteiger partial charge in [0.25, 0.3) is 10.0 Å². The van der Waals surface area contributed by atoms with E-state index < -0.39 is 14.8 Å². The van der Waals surface area contributed by atoms with Crippen molar-refractivity contribution in [1.29, 1.82) is 0 Å². The molecular weight excluding hydrogens is 532 g/mol. The van der Waals surface area contributed by atoms with Crippen molar-refractivity contribution in [3.63, 3.8) is 0 Å². The number of carbonyl (C=O) groups is 1. The number of hydrogen-bond donors (Lipinski definition) is 0. The Bertz CT molecular complexity index is 1650. The molecule has 0 fully saturated rings. The van der Waals surface area contributed by atoms with Crippen LogP contribution in [0.4, 0.5) is 0 Å². The normalized spacial score (nSPS) is 12.1. The van der Waals surface area contributed by atoms with Crippen molar-refractivity contribution in [3.8, 4) is 22.6 Å². The minimum atomic E-state index is -3.68. The SMILES string of the molecule is CCOC(=O)Cc1ccc(OC)cc1OCc1coc2ccc(-c3ccnc(C=NS(=O)(=O)C(C)(C)C)c3)cc12. The molecule has 0 amide bonds. The van der Waals surface area contributed by atoms with Crippen LogP contribution in [0.2, 0.25) is 0 Å². The number of fused-ring (bicyclic) bond motifs is 1. The van der Waals surface area contributed by atoms with Gasteiger partial charge in [-0.2, -0.15) is 4.40 Å². The molecule has 0 aliphatic rings. The number of sulfonamides is 1. The van der Waals surface area contributed by atoms with Crippen LogP contribution in [-0.2, 0) is 32.6 Å². The molecule has 10 heteroatoms. The third kappa shape index (κ3) is 6.69. The minimum Gasteiger partial charge on any atom is -0.497 e. The van der Waals surface area contributed by atoms with Crippen LogP contribution < -0.4 is 9.47 Å². The van der Waals surface area contributed by atoms with E-state index >= 15 is 0 Å². The molecule has 0 radical (unpaired) electrons. The second kappa shape index (κ2) is 11.9. The summed E-state index contributed by atoms with van der Waals surface area (Å²) in [5.41, 5.74) is 4.33. The van der Waals surface area contributed by atoms with Crippen LogP contribution in [0.15, 0.2) is 69.8 Å². The number of hydrogen-bond acceptors (Lipinski definition) is 8. The molecule has 0 saturated heterocycles. The van der Waals surface area contributed by atoms with Crippen molar-refractivity contribution in [2.24, 2.45) is 4.40 Å². The Morgan fingerprint density at radius 1 is 1.05 bits per heavy atom. The predicted octanol–water partition coefficient (Wildman–Crippen LogP) is 5.74. The van der Waals surface area contributed by atoms with Crippen LogP contribution in [0, 0.1) is 0 Å². The first kappa shape index (κ1) is 28.8. The summed E-state index contributed by atoms with van der Waals surface area (Å²) < 4.78 is 49.8. The van der Waals surface area contributed by atoms with Gasteiger partial charge < -0.3 is 18.6 Å². The van der Waals surface area contributed by atoms with E-state index in [2.05, 4.69) is 9.38 Å². The molecule has 0 spiro atoms. The molecule has 4 rings (SSSR count). The molecule has 0 bridgehead atoms. The third-order valence-corrected chi connectivity index (χ3v) is 8.09. The highest BCUT2D eigenvalue weighted by Crippen LogP contribution is 2.31. The Kier molecular flexibility index (Phi) is 8.58. The van der Waals surface area contributed by atoms with Crippen LogP contribution in [0.5, 0.6) is 11.5 Å². The summed E-state index contributed by atoms with van der Waals surface area (Å²) in [6.45, 7) is 7.05. The monoisotopic (exact) mass is 564 g/mol. The first-order valence-electron chi connectivity index (χ1n) is 12.7. The Morgan fingerprint density at radius 3 is 2.55 bits per heavy atom. The fraction of sp³-hybridized carbons (Fsp3) is 0.300. The molecular formula is C30H32N2O7S. The number of methoxy groups -OCH3 is 1. The lowest BCUT2D eigenvalue weighted by molar-refractivity contribution is -0.142. The summed E-state index contributed by atoms with van der Waals surface area (Å²) in [5, 5.41) is 0.856. The molecule has 40 heavy (non-hydrogen) atoms. The number of esters is 1. The van der Waals surface area contributed by atoms with Crippen molar-refractivity contribution in [1.82, 2.24) is 4.98 Å². The first-order chi connectivity index (χ1) is 19.0. The Hall–Kier alpha value is -4.18. The largest absolute Gasteiger partial charge is 0.497 e. The first-order valence-corrected chi connectivity index (χ1v) is 14.2. The number of benzene rings is 2. The number of carbonyl (C=O) groups excluding carboxylic acids is 1. The van der Waals surface area contributed by atoms with Gasteiger partial charge in [0.1, 0.15) is 23.7 Å². The van der Waals surface area contributed by atoms with Gasteiger partial charge in [-0.05, 0) is 69.2 Å². The molecule has 2 aromatic heterocycles. The summed E-state index contributed by atoms with van der Waals surface area (Å²) in [5.74, 6) is 0.782. The molecule has 2 aromatic carbocycles. The van der Waals surface area contributed by atoms with Crippen molar-refractivity contribution >= 4 is 33.2 Å². The van der Waals surface area contributed by atoms with E-state index in [1.807, 2.05) is 24.3 Å². The van der Waals surface area contributed by atoms with Crippen LogP contribution >= 0.6 is 0 Å². The minimum absolute atomic E-state index is 0.0776. The van der Waals surface area contributed by atoms with Crippen molar-refractivity contribution in [2.75, 3.05) is 13.7 Å². The van der Waals surface area contributed by atoms with Crippen LogP contribution in [0.1, 0.15) is 44.5 Å². The molecule has 0 N–H and O–H groups in total. The number of pyridine rings is 1. The number of furan rings is 1. The molecule has 0 unspecified atom stereocenters. The molecule has 210 valence electrons. The van der Waals surface area contributed by atoms with E-state index in [4.69, 9.17) is 18.6 Å². The van der Waals surface area contributed by atoms with Gasteiger partial charge in [-0.3, -0.25) is 9.78 Å². The fourth-order valence-corrected chi connectivity index (χ4v) is 4.38. The number of rotatable bonds is 10. The van der Waals surface area contributed by atoms with Gasteiger partial charge in [-0.15, -0.1) is 0 Å². The van der Waals surface area contributed by atoms with E-state index in [1.54, 1.807) is 71.5 Å². The van der Waals surface area contributed by atoms with E-state index in [1.165, 1.54) is 6.21 Å². The van der Waals surface area contributed by atoms with Gasteiger partial charge in [-0.1, -0.05) is 12.1 Å². The van der Waals surface area contributed by atoms with E-state index in [0.717, 1.165) is 22.1 Å². The summed E-state index contributed by atoms with van der Waals surface area (Å²) in [4.78, 5) is 16.3. The van der Waals surface area contributed by atoms with Crippen LogP contribution in [0.25, 0.3) is 22.1 Å². The fourth-order valence-electron chi connectivity index (χ4n) is 3.82. The molecule has 9 nitrogen and oxygen atoms in total. The number of ether oxygens (including phenoxy) is 3. The van der Waals surface area contributed by atoms with Gasteiger partial charge in [-0.25, -0.2) is 8.42 Å². The molecule has 2 heterocycles. The summed E-state index contributed by atoms with van der Waals surface area (Å²) >= 11 is 0. The standard InChI is InChI=1S/C30H32N2O7S/c1-6-37-29(33)15-22-7-9-25(36-5)16-28(22)39-19-23-18-38-27-10-8-20(14-26(23)27)21-11-12-31-24(13-21)17-32-40(34,35)30(2,3)4/h7-14,16-18H,6,15,19H2,1-5H3. The maximum atomic E-state index is 12.4. The highest BCUT2D eigenvalue weighted by atomic mass is 32.2. The number of aromatic nitrogens is 1. The van der Waals surface area contributed by atoms with Crippen LogP contribution in [-0.4, -0.2) is 44.0 Å². The topological polar surface area (TPSA) is 117 Å². The highest BCUT2D eigenvalue weighted by molar-refractivity contribution is 7.91. The zero-order valence-electron chi connectivity index (χ0n) is 23.1. The lowest BCUT2D eigenvalue weighted by atomic mass is 10.0. The predicted molar refractivity (Wildman–Crippen MR) is 153 cm³/mol. The Balaban J connectivity index is 1.59. The zero-order chi connectivity index (χ0) is 28.9. The Morgan fingerprint density at radius 2 is 1.82 bits per heavy atom. The molecule has 0 aliphatic carbocycles. The van der Waals surface area contributed by atoms with Gasteiger partial charge in [0.2, 0.25) is 0 Å². The second-order valence-corrected chi connectivity index (χ2v) is 12.4.